The average Bonchev–Trinajstić information content (AvgIpc) is 2.91. The molecule has 6 heteroatoms. The summed E-state index contributed by atoms with van der Waals surface area (Å²) in [5.74, 6) is 4.90. The van der Waals surface area contributed by atoms with E-state index in [1.54, 1.807) is 0 Å². The Hall–Kier alpha value is 0.421. The van der Waals surface area contributed by atoms with E-state index in [9.17, 15) is 0 Å². The summed E-state index contributed by atoms with van der Waals surface area (Å²) in [6.07, 6.45) is 0. The molecule has 32 heavy (non-hydrogen) atoms. The first-order valence-corrected chi connectivity index (χ1v) is 24.7. The molecule has 0 atom stereocenters. The summed E-state index contributed by atoms with van der Waals surface area (Å²) in [6.45, 7) is 0. The van der Waals surface area contributed by atoms with Gasteiger partial charge in [0.2, 0.25) is 0 Å². The Morgan fingerprint density at radius 2 is 0.562 bits per heavy atom. The summed E-state index contributed by atoms with van der Waals surface area (Å²) in [7, 11) is -1.06. The molecule has 0 nitrogen and oxygen atoms in total. The van der Waals surface area contributed by atoms with Crippen LogP contribution < -0.4 is 21.2 Å². The van der Waals surface area contributed by atoms with Crippen molar-refractivity contribution >= 4 is 75.1 Å². The molecule has 0 unspecified atom stereocenters. The molecule has 0 aromatic heterocycles. The van der Waals surface area contributed by atoms with Gasteiger partial charge in [-0.25, -0.2) is 0 Å². The molecule has 0 aliphatic carbocycles. The van der Waals surface area contributed by atoms with Crippen LogP contribution >= 0.6 is 53.9 Å². The molecule has 4 aromatic carbocycles. The van der Waals surface area contributed by atoms with Gasteiger partial charge in [-0.1, -0.05) is 133 Å². The van der Waals surface area contributed by atoms with E-state index in [0.29, 0.717) is 0 Å². The zero-order valence-corrected chi connectivity index (χ0v) is 27.4. The summed E-state index contributed by atoms with van der Waals surface area (Å²) in [5, 5.41) is 5.54. The van der Waals surface area contributed by atoms with Gasteiger partial charge in [-0.05, 0) is 37.1 Å². The quantitative estimate of drug-likeness (QED) is 0.107. The van der Waals surface area contributed by atoms with Crippen molar-refractivity contribution in [2.45, 2.75) is 0 Å². The molecule has 0 saturated heterocycles. The van der Waals surface area contributed by atoms with Crippen molar-refractivity contribution in [1.29, 1.82) is 0 Å². The summed E-state index contributed by atoms with van der Waals surface area (Å²) in [5.41, 5.74) is 0. The third-order valence-electron chi connectivity index (χ3n) is 4.50. The van der Waals surface area contributed by atoms with E-state index in [1.165, 1.54) is 21.2 Å². The average molecular weight is 1040 g/mol. The molecule has 0 aliphatic rings. The molecular weight excluding hydrogens is 1020 g/mol. The normalized spacial score (nSPS) is 10.4. The minimum absolute atomic E-state index is 0.528. The predicted octanol–water partition coefficient (Wildman–Crippen LogP) is 7.49. The van der Waals surface area contributed by atoms with Gasteiger partial charge in [0, 0.05) is 0 Å². The molecule has 0 spiro atoms. The van der Waals surface area contributed by atoms with Crippen LogP contribution in [0.15, 0.2) is 133 Å². The zero-order chi connectivity index (χ0) is 23.0. The van der Waals surface area contributed by atoms with Gasteiger partial charge < -0.3 is 0 Å². The van der Waals surface area contributed by atoms with E-state index in [1.807, 2.05) is 0 Å². The molecule has 0 saturated carbocycles. The second kappa shape index (κ2) is 17.8. The molecule has 0 N–H and O–H groups in total. The van der Waals surface area contributed by atoms with Crippen LogP contribution in [0, 0.1) is 0 Å². The second-order valence-electron chi connectivity index (χ2n) is 6.38. The van der Waals surface area contributed by atoms with Crippen LogP contribution in [-0.4, -0.2) is 0 Å². The van der Waals surface area contributed by atoms with E-state index in [-0.39, 0.29) is 0 Å². The Kier molecular flexibility index (Phi) is 15.9. The zero-order valence-electron chi connectivity index (χ0n) is 17.0. The SMILES string of the molecule is C(=C\P(c1ccccc1)c1ccccc1)/P(c1ccccc1)c1ccccc1.[I][Au].[I][Au]. The minimum atomic E-state index is -0.528. The van der Waals surface area contributed by atoms with Gasteiger partial charge in [0.15, 0.2) is 0 Å². The van der Waals surface area contributed by atoms with Crippen LogP contribution in [0.5, 0.6) is 0 Å². The molecule has 0 aliphatic heterocycles. The van der Waals surface area contributed by atoms with Crippen molar-refractivity contribution in [2.24, 2.45) is 0 Å². The van der Waals surface area contributed by atoms with Crippen molar-refractivity contribution in [2.75, 3.05) is 0 Å². The fraction of sp³-hybridized carbons (Fsp3) is 0. The Labute approximate surface area is 239 Å². The topological polar surface area (TPSA) is 0 Å². The van der Waals surface area contributed by atoms with Crippen LogP contribution in [0.25, 0.3) is 0 Å². The number of hydrogen-bond donors (Lipinski definition) is 0. The predicted molar refractivity (Wildman–Crippen MR) is 155 cm³/mol. The van der Waals surface area contributed by atoms with Gasteiger partial charge in [0.05, 0.1) is 0 Å². The van der Waals surface area contributed by atoms with Crippen LogP contribution in [-0.2, 0) is 34.5 Å². The standard InChI is InChI=1S/C26H22P2.2Au.2HI/c1-5-13-23(14-6-1)27(24-15-7-2-8-16-24)21-22-28(25-17-9-3-10-18-25)26-19-11-4-12-20-26;;;;/h1-22H;;;2*1H/q;2*+1;;/p-2/b22-21+;;;;. The number of rotatable bonds is 6. The molecule has 4 aromatic rings. The summed E-state index contributed by atoms with van der Waals surface area (Å²) in [6, 6.07) is 43.4. The molecule has 0 fully saturated rings. The molecule has 0 amide bonds. The number of benzene rings is 4. The van der Waals surface area contributed by atoms with Gasteiger partial charge >= 0.3 is 72.5 Å². The van der Waals surface area contributed by atoms with E-state index in [4.69, 9.17) is 0 Å². The molecule has 0 heterocycles. The second-order valence-corrected chi connectivity index (χ2v) is 10.5. The first kappa shape index (κ1) is 28.7. The molecular formula is C26H22Au2I2P2. The van der Waals surface area contributed by atoms with Gasteiger partial charge in [0.25, 0.3) is 0 Å². The summed E-state index contributed by atoms with van der Waals surface area (Å²) < 4.78 is 0. The fourth-order valence-electron chi connectivity index (χ4n) is 3.13. The van der Waals surface area contributed by atoms with E-state index in [0.717, 1.165) is 0 Å². The Morgan fingerprint density at radius 3 is 0.750 bits per heavy atom. The first-order chi connectivity index (χ1) is 15.9. The fourth-order valence-corrected chi connectivity index (χ4v) is 7.45. The van der Waals surface area contributed by atoms with Gasteiger partial charge in [-0.15, -0.1) is 0 Å². The van der Waals surface area contributed by atoms with Crippen LogP contribution in [0.3, 0.4) is 0 Å². The summed E-state index contributed by atoms with van der Waals surface area (Å²) in [4.78, 5) is 0. The van der Waals surface area contributed by atoms with Crippen molar-refractivity contribution in [3.63, 3.8) is 0 Å². The Bertz CT molecular complexity index is 855. The van der Waals surface area contributed by atoms with Crippen LogP contribution in [0.2, 0.25) is 0 Å². The van der Waals surface area contributed by atoms with E-state index in [2.05, 4.69) is 206 Å². The van der Waals surface area contributed by atoms with Crippen LogP contribution in [0.4, 0.5) is 0 Å². The summed E-state index contributed by atoms with van der Waals surface area (Å²) >= 11 is 8.68. The third-order valence-corrected chi connectivity index (χ3v) is 9.05. The van der Waals surface area contributed by atoms with Crippen molar-refractivity contribution in [3.8, 4) is 0 Å². The van der Waals surface area contributed by atoms with Crippen molar-refractivity contribution in [1.82, 2.24) is 0 Å². The molecule has 172 valence electrons. The van der Waals surface area contributed by atoms with Gasteiger partial charge in [-0.2, -0.15) is 0 Å². The monoisotopic (exact) mass is 1040 g/mol. The van der Waals surface area contributed by atoms with Crippen LogP contribution in [0.1, 0.15) is 0 Å². The van der Waals surface area contributed by atoms with Gasteiger partial charge in [-0.3, -0.25) is 0 Å². The maximum absolute atomic E-state index is 2.45. The first-order valence-electron chi connectivity index (χ1n) is 9.61. The van der Waals surface area contributed by atoms with E-state index < -0.39 is 15.8 Å². The Morgan fingerprint density at radius 1 is 0.375 bits per heavy atom. The van der Waals surface area contributed by atoms with Crippen molar-refractivity contribution < 1.29 is 34.5 Å². The van der Waals surface area contributed by atoms with Crippen molar-refractivity contribution in [3.05, 3.63) is 133 Å². The molecule has 0 bridgehead atoms. The molecule has 0 radical (unpaired) electrons. The number of hydrogen-bond acceptors (Lipinski definition) is 0. The maximum atomic E-state index is 2.45. The molecule has 4 rings (SSSR count). The third kappa shape index (κ3) is 9.23. The van der Waals surface area contributed by atoms with E-state index >= 15 is 0 Å². The Balaban J connectivity index is 0.000000860. The number of halogens is 2. The van der Waals surface area contributed by atoms with Gasteiger partial charge in [0.1, 0.15) is 0 Å².